The second-order valence-electron chi connectivity index (χ2n) is 3.88. The zero-order valence-electron chi connectivity index (χ0n) is 10.5. The van der Waals surface area contributed by atoms with E-state index < -0.39 is 0 Å². The van der Waals surface area contributed by atoms with Crippen molar-refractivity contribution in [3.63, 3.8) is 0 Å². The summed E-state index contributed by atoms with van der Waals surface area (Å²) in [6.07, 6.45) is 3.81. The quantitative estimate of drug-likeness (QED) is 0.485. The molecule has 0 heterocycles. The van der Waals surface area contributed by atoms with Crippen LogP contribution in [0, 0.1) is 0 Å². The van der Waals surface area contributed by atoms with Crippen LogP contribution in [0.1, 0.15) is 23.2 Å². The van der Waals surface area contributed by atoms with Crippen molar-refractivity contribution in [1.82, 2.24) is 5.32 Å². The van der Waals surface area contributed by atoms with E-state index in [4.69, 9.17) is 5.11 Å². The third kappa shape index (κ3) is 4.59. The van der Waals surface area contributed by atoms with Crippen LogP contribution in [0.25, 0.3) is 0 Å². The van der Waals surface area contributed by atoms with Crippen LogP contribution in [-0.4, -0.2) is 30.7 Å². The van der Waals surface area contributed by atoms with Crippen molar-refractivity contribution in [3.8, 4) is 0 Å². The summed E-state index contributed by atoms with van der Waals surface area (Å²) in [4.78, 5) is 11.8. The highest BCUT2D eigenvalue weighted by Gasteiger charge is 2.09. The predicted octanol–water partition coefficient (Wildman–Crippen LogP) is 1.79. The van der Waals surface area contributed by atoms with Gasteiger partial charge >= 0.3 is 0 Å². The van der Waals surface area contributed by atoms with Crippen LogP contribution in [0.5, 0.6) is 0 Å². The van der Waals surface area contributed by atoms with Crippen molar-refractivity contribution in [3.05, 3.63) is 42.5 Å². The minimum Gasteiger partial charge on any atom is -0.395 e. The Morgan fingerprint density at radius 2 is 2.11 bits per heavy atom. The van der Waals surface area contributed by atoms with Crippen LogP contribution < -0.4 is 10.6 Å². The van der Waals surface area contributed by atoms with E-state index in [1.54, 1.807) is 6.07 Å². The Labute approximate surface area is 108 Å². The summed E-state index contributed by atoms with van der Waals surface area (Å²) in [6, 6.07) is 7.35. The highest BCUT2D eigenvalue weighted by molar-refractivity contribution is 5.99. The van der Waals surface area contributed by atoms with E-state index in [0.29, 0.717) is 5.56 Å². The summed E-state index contributed by atoms with van der Waals surface area (Å²) >= 11 is 0. The van der Waals surface area contributed by atoms with E-state index >= 15 is 0 Å². The molecule has 18 heavy (non-hydrogen) atoms. The standard InChI is InChI=1S/C14H20N2O2/c1-2-3-6-9-15-13-8-5-4-7-12(13)14(18)16-10-11-17/h2,4-5,7-8,15,17H,1,3,6,9-11H2,(H,16,18). The Morgan fingerprint density at radius 1 is 1.33 bits per heavy atom. The molecule has 1 amide bonds. The maximum absolute atomic E-state index is 11.8. The first-order valence-electron chi connectivity index (χ1n) is 6.12. The number of carbonyl (C=O) groups excluding carboxylic acids is 1. The molecule has 0 saturated heterocycles. The lowest BCUT2D eigenvalue weighted by atomic mass is 10.1. The van der Waals surface area contributed by atoms with Crippen molar-refractivity contribution in [2.24, 2.45) is 0 Å². The molecule has 0 aliphatic rings. The Balaban J connectivity index is 2.60. The zero-order valence-corrected chi connectivity index (χ0v) is 10.5. The van der Waals surface area contributed by atoms with Gasteiger partial charge in [-0.2, -0.15) is 0 Å². The van der Waals surface area contributed by atoms with Gasteiger partial charge in [0.2, 0.25) is 0 Å². The van der Waals surface area contributed by atoms with Crippen LogP contribution in [0.15, 0.2) is 36.9 Å². The van der Waals surface area contributed by atoms with Gasteiger partial charge in [-0.25, -0.2) is 0 Å². The number of hydrogen-bond acceptors (Lipinski definition) is 3. The van der Waals surface area contributed by atoms with Crippen molar-refractivity contribution in [1.29, 1.82) is 0 Å². The summed E-state index contributed by atoms with van der Waals surface area (Å²) < 4.78 is 0. The second kappa shape index (κ2) is 8.31. The van der Waals surface area contributed by atoms with Gasteiger partial charge in [0.15, 0.2) is 0 Å². The molecule has 1 rings (SSSR count). The van der Waals surface area contributed by atoms with Gasteiger partial charge in [0.05, 0.1) is 12.2 Å². The molecule has 0 unspecified atom stereocenters. The molecule has 0 fully saturated rings. The molecule has 4 nitrogen and oxygen atoms in total. The van der Waals surface area contributed by atoms with Crippen LogP contribution in [0.3, 0.4) is 0 Å². The van der Waals surface area contributed by atoms with E-state index in [0.717, 1.165) is 25.1 Å². The number of para-hydroxylation sites is 1. The summed E-state index contributed by atoms with van der Waals surface area (Å²) in [5, 5.41) is 14.6. The Morgan fingerprint density at radius 3 is 2.83 bits per heavy atom. The minimum absolute atomic E-state index is 0.0549. The lowest BCUT2D eigenvalue weighted by Gasteiger charge is -2.11. The molecule has 1 aromatic carbocycles. The highest BCUT2D eigenvalue weighted by Crippen LogP contribution is 2.14. The number of allylic oxidation sites excluding steroid dienone is 1. The largest absolute Gasteiger partial charge is 0.395 e. The van der Waals surface area contributed by atoms with Gasteiger partial charge in [-0.05, 0) is 25.0 Å². The topological polar surface area (TPSA) is 61.4 Å². The number of aliphatic hydroxyl groups is 1. The van der Waals surface area contributed by atoms with Crippen molar-refractivity contribution < 1.29 is 9.90 Å². The average molecular weight is 248 g/mol. The molecule has 0 aliphatic heterocycles. The van der Waals surface area contributed by atoms with E-state index in [-0.39, 0.29) is 19.1 Å². The molecular formula is C14H20N2O2. The van der Waals surface area contributed by atoms with Crippen LogP contribution in [0.4, 0.5) is 5.69 Å². The van der Waals surface area contributed by atoms with Gasteiger partial charge in [-0.1, -0.05) is 18.2 Å². The number of aliphatic hydroxyl groups excluding tert-OH is 1. The predicted molar refractivity (Wildman–Crippen MR) is 73.8 cm³/mol. The van der Waals surface area contributed by atoms with Gasteiger partial charge in [0.1, 0.15) is 0 Å². The molecule has 0 aromatic heterocycles. The van der Waals surface area contributed by atoms with E-state index in [1.807, 2.05) is 24.3 Å². The molecule has 0 saturated carbocycles. The number of benzene rings is 1. The summed E-state index contributed by atoms with van der Waals surface area (Å²) in [5.41, 5.74) is 1.42. The number of carbonyl (C=O) groups is 1. The second-order valence-corrected chi connectivity index (χ2v) is 3.88. The van der Waals surface area contributed by atoms with Crippen LogP contribution >= 0.6 is 0 Å². The SMILES string of the molecule is C=CCCCNc1ccccc1C(=O)NCCO. The van der Waals surface area contributed by atoms with E-state index in [2.05, 4.69) is 17.2 Å². The molecule has 0 atom stereocenters. The fraction of sp³-hybridized carbons (Fsp3) is 0.357. The van der Waals surface area contributed by atoms with Crippen LogP contribution in [-0.2, 0) is 0 Å². The Hall–Kier alpha value is -1.81. The van der Waals surface area contributed by atoms with Crippen molar-refractivity contribution in [2.45, 2.75) is 12.8 Å². The number of unbranched alkanes of at least 4 members (excludes halogenated alkanes) is 1. The molecular weight excluding hydrogens is 228 g/mol. The maximum Gasteiger partial charge on any atom is 0.253 e. The van der Waals surface area contributed by atoms with E-state index in [1.165, 1.54) is 0 Å². The number of nitrogens with one attached hydrogen (secondary N) is 2. The molecule has 0 radical (unpaired) electrons. The van der Waals surface area contributed by atoms with Crippen molar-refractivity contribution in [2.75, 3.05) is 25.0 Å². The third-order valence-electron chi connectivity index (χ3n) is 2.47. The molecule has 3 N–H and O–H groups in total. The fourth-order valence-corrected chi connectivity index (χ4v) is 1.57. The third-order valence-corrected chi connectivity index (χ3v) is 2.47. The molecule has 0 spiro atoms. The summed E-state index contributed by atoms with van der Waals surface area (Å²) in [6.45, 7) is 4.68. The smallest absolute Gasteiger partial charge is 0.253 e. The molecule has 1 aromatic rings. The minimum atomic E-state index is -0.170. The number of hydrogen-bond donors (Lipinski definition) is 3. The Bertz CT molecular complexity index is 391. The molecule has 98 valence electrons. The Kier molecular flexibility index (Phi) is 6.58. The highest BCUT2D eigenvalue weighted by atomic mass is 16.3. The number of anilines is 1. The number of amides is 1. The maximum atomic E-state index is 11.8. The summed E-state index contributed by atoms with van der Waals surface area (Å²) in [5.74, 6) is -0.170. The normalized spacial score (nSPS) is 9.83. The van der Waals surface area contributed by atoms with E-state index in [9.17, 15) is 4.79 Å². The molecule has 0 aliphatic carbocycles. The first-order chi connectivity index (χ1) is 8.79. The lowest BCUT2D eigenvalue weighted by molar-refractivity contribution is 0.0945. The van der Waals surface area contributed by atoms with Gasteiger partial charge < -0.3 is 15.7 Å². The lowest BCUT2D eigenvalue weighted by Crippen LogP contribution is -2.27. The van der Waals surface area contributed by atoms with Gasteiger partial charge in [-0.3, -0.25) is 4.79 Å². The van der Waals surface area contributed by atoms with Gasteiger partial charge in [0.25, 0.3) is 5.91 Å². The molecule has 4 heteroatoms. The van der Waals surface area contributed by atoms with Crippen molar-refractivity contribution >= 4 is 11.6 Å². The zero-order chi connectivity index (χ0) is 13.2. The van der Waals surface area contributed by atoms with Crippen LogP contribution in [0.2, 0.25) is 0 Å². The fourth-order valence-electron chi connectivity index (χ4n) is 1.57. The van der Waals surface area contributed by atoms with Gasteiger partial charge in [-0.15, -0.1) is 6.58 Å². The first-order valence-corrected chi connectivity index (χ1v) is 6.12. The summed E-state index contributed by atoms with van der Waals surface area (Å²) in [7, 11) is 0. The van der Waals surface area contributed by atoms with Gasteiger partial charge in [0, 0.05) is 18.8 Å². The number of rotatable bonds is 8. The monoisotopic (exact) mass is 248 g/mol. The average Bonchev–Trinajstić information content (AvgIpc) is 2.41. The molecule has 0 bridgehead atoms. The first kappa shape index (κ1) is 14.3.